The van der Waals surface area contributed by atoms with Crippen LogP contribution >= 0.6 is 0 Å². The lowest BCUT2D eigenvalue weighted by atomic mass is 10.1. The number of carbonyl (C=O) groups excluding carboxylic acids is 1. The van der Waals surface area contributed by atoms with Gasteiger partial charge in [0.05, 0.1) is 6.61 Å². The fourth-order valence-electron chi connectivity index (χ4n) is 2.01. The van der Waals surface area contributed by atoms with E-state index in [9.17, 15) is 4.79 Å². The van der Waals surface area contributed by atoms with E-state index in [1.54, 1.807) is 19.4 Å². The molecule has 1 aromatic heterocycles. The Morgan fingerprint density at radius 1 is 1.48 bits per heavy atom. The molecular weight excluding hydrogens is 266 g/mol. The van der Waals surface area contributed by atoms with Gasteiger partial charge in [-0.2, -0.15) is 0 Å². The molecule has 1 heterocycles. The largest absolute Gasteiger partial charge is 0.383 e. The average Bonchev–Trinajstić information content (AvgIpc) is 2.52. The monoisotopic (exact) mass is 293 g/mol. The van der Waals surface area contributed by atoms with Crippen LogP contribution in [0.1, 0.15) is 44.0 Å². The number of rotatable bonds is 9. The minimum absolute atomic E-state index is 0.0309. The Hall–Kier alpha value is -1.62. The molecule has 0 bridgehead atoms. The van der Waals surface area contributed by atoms with Crippen LogP contribution in [0.2, 0.25) is 0 Å². The van der Waals surface area contributed by atoms with Gasteiger partial charge in [-0.15, -0.1) is 0 Å². The summed E-state index contributed by atoms with van der Waals surface area (Å²) in [5.74, 6) is 0.780. The van der Waals surface area contributed by atoms with E-state index < -0.39 is 0 Å². The van der Waals surface area contributed by atoms with Crippen molar-refractivity contribution in [1.29, 1.82) is 0 Å². The third-order valence-electron chi connectivity index (χ3n) is 3.48. The van der Waals surface area contributed by atoms with E-state index in [1.165, 1.54) is 0 Å². The zero-order chi connectivity index (χ0) is 15.7. The molecule has 1 atom stereocenters. The van der Waals surface area contributed by atoms with Gasteiger partial charge in [-0.1, -0.05) is 13.8 Å². The fraction of sp³-hybridized carbons (Fsp3) is 0.625. The Morgan fingerprint density at radius 2 is 2.24 bits per heavy atom. The van der Waals surface area contributed by atoms with Crippen LogP contribution in [0.5, 0.6) is 0 Å². The highest BCUT2D eigenvalue weighted by atomic mass is 16.5. The lowest BCUT2D eigenvalue weighted by Gasteiger charge is -2.28. The van der Waals surface area contributed by atoms with E-state index in [2.05, 4.69) is 31.1 Å². The van der Waals surface area contributed by atoms with Crippen molar-refractivity contribution in [3.63, 3.8) is 0 Å². The maximum atomic E-state index is 12.7. The van der Waals surface area contributed by atoms with E-state index in [-0.39, 0.29) is 11.9 Å². The lowest BCUT2D eigenvalue weighted by Crippen LogP contribution is -2.40. The minimum atomic E-state index is 0.0309. The number of hydrogen-bond donors (Lipinski definition) is 1. The average molecular weight is 293 g/mol. The molecule has 0 aliphatic rings. The summed E-state index contributed by atoms with van der Waals surface area (Å²) in [5, 5.41) is 3.21. The van der Waals surface area contributed by atoms with Crippen molar-refractivity contribution in [3.8, 4) is 0 Å². The summed E-state index contributed by atoms with van der Waals surface area (Å²) < 4.78 is 5.11. The molecule has 0 aromatic carbocycles. The van der Waals surface area contributed by atoms with E-state index in [4.69, 9.17) is 4.74 Å². The van der Waals surface area contributed by atoms with Crippen LogP contribution in [0.3, 0.4) is 0 Å². The molecule has 0 fully saturated rings. The second-order valence-corrected chi connectivity index (χ2v) is 5.11. The summed E-state index contributed by atoms with van der Waals surface area (Å²) in [6.45, 7) is 8.23. The molecule has 5 heteroatoms. The summed E-state index contributed by atoms with van der Waals surface area (Å²) in [6, 6.07) is 3.77. The standard InChI is InChI=1S/C16H27N3O2/c1-5-8-17-15-12-14(7-9-18-15)16(20)19(10-11-21-4)13(3)6-2/h7,9,12-13H,5-6,8,10-11H2,1-4H3,(H,17,18). The number of aromatic nitrogens is 1. The van der Waals surface area contributed by atoms with Crippen molar-refractivity contribution in [2.75, 3.05) is 32.1 Å². The number of amides is 1. The molecule has 118 valence electrons. The Bertz CT molecular complexity index is 437. The molecule has 1 aromatic rings. The molecule has 21 heavy (non-hydrogen) atoms. The molecular formula is C16H27N3O2. The van der Waals surface area contributed by atoms with Crippen LogP contribution in [-0.2, 0) is 4.74 Å². The van der Waals surface area contributed by atoms with E-state index in [0.29, 0.717) is 18.7 Å². The lowest BCUT2D eigenvalue weighted by molar-refractivity contribution is 0.0614. The van der Waals surface area contributed by atoms with Crippen molar-refractivity contribution in [1.82, 2.24) is 9.88 Å². The van der Waals surface area contributed by atoms with Gasteiger partial charge in [-0.25, -0.2) is 4.98 Å². The molecule has 0 radical (unpaired) electrons. The predicted molar refractivity (Wildman–Crippen MR) is 85.7 cm³/mol. The number of nitrogens with zero attached hydrogens (tertiary/aromatic N) is 2. The maximum Gasteiger partial charge on any atom is 0.254 e. The van der Waals surface area contributed by atoms with Crippen LogP contribution in [0, 0.1) is 0 Å². The van der Waals surface area contributed by atoms with Crippen molar-refractivity contribution in [2.24, 2.45) is 0 Å². The fourth-order valence-corrected chi connectivity index (χ4v) is 2.01. The number of pyridine rings is 1. The van der Waals surface area contributed by atoms with Crippen LogP contribution < -0.4 is 5.32 Å². The van der Waals surface area contributed by atoms with E-state index in [1.807, 2.05) is 11.0 Å². The maximum absolute atomic E-state index is 12.7. The van der Waals surface area contributed by atoms with Crippen LogP contribution in [0.25, 0.3) is 0 Å². The van der Waals surface area contributed by atoms with E-state index >= 15 is 0 Å². The third kappa shape index (κ3) is 5.34. The Kier molecular flexibility index (Phi) is 7.75. The number of carbonyl (C=O) groups is 1. The molecule has 1 amide bonds. The first-order chi connectivity index (χ1) is 10.1. The molecule has 0 aliphatic heterocycles. The summed E-state index contributed by atoms with van der Waals surface area (Å²) in [5.41, 5.74) is 0.667. The molecule has 1 rings (SSSR count). The van der Waals surface area contributed by atoms with Crippen LogP contribution in [0.4, 0.5) is 5.82 Å². The summed E-state index contributed by atoms with van der Waals surface area (Å²) >= 11 is 0. The first kappa shape index (κ1) is 17.4. The van der Waals surface area contributed by atoms with Gasteiger partial charge in [0.25, 0.3) is 5.91 Å². The highest BCUT2D eigenvalue weighted by Gasteiger charge is 2.20. The quantitative estimate of drug-likeness (QED) is 0.760. The highest BCUT2D eigenvalue weighted by molar-refractivity contribution is 5.95. The van der Waals surface area contributed by atoms with Gasteiger partial charge < -0.3 is 15.0 Å². The molecule has 5 nitrogen and oxygen atoms in total. The van der Waals surface area contributed by atoms with Crippen molar-refractivity contribution >= 4 is 11.7 Å². The first-order valence-electron chi connectivity index (χ1n) is 7.63. The van der Waals surface area contributed by atoms with Gasteiger partial charge in [0, 0.05) is 38.0 Å². The van der Waals surface area contributed by atoms with Gasteiger partial charge in [0.1, 0.15) is 5.82 Å². The van der Waals surface area contributed by atoms with Crippen LogP contribution in [0.15, 0.2) is 18.3 Å². The molecule has 1 unspecified atom stereocenters. The normalized spacial score (nSPS) is 12.0. The number of ether oxygens (including phenoxy) is 1. The SMILES string of the molecule is CCCNc1cc(C(=O)N(CCOC)C(C)CC)ccn1. The molecule has 0 saturated heterocycles. The summed E-state index contributed by atoms with van der Waals surface area (Å²) in [4.78, 5) is 18.8. The highest BCUT2D eigenvalue weighted by Crippen LogP contribution is 2.13. The van der Waals surface area contributed by atoms with Gasteiger partial charge in [0.2, 0.25) is 0 Å². The molecule has 1 N–H and O–H groups in total. The number of anilines is 1. The number of hydrogen-bond acceptors (Lipinski definition) is 4. The van der Waals surface area contributed by atoms with E-state index in [0.717, 1.165) is 25.2 Å². The molecule has 0 saturated carbocycles. The number of methoxy groups -OCH3 is 1. The second-order valence-electron chi connectivity index (χ2n) is 5.11. The van der Waals surface area contributed by atoms with Crippen LogP contribution in [-0.4, -0.2) is 48.6 Å². The second kappa shape index (κ2) is 9.34. The van der Waals surface area contributed by atoms with Crippen molar-refractivity contribution in [3.05, 3.63) is 23.9 Å². The molecule has 0 spiro atoms. The van der Waals surface area contributed by atoms with Gasteiger partial charge >= 0.3 is 0 Å². The first-order valence-corrected chi connectivity index (χ1v) is 7.63. The Morgan fingerprint density at radius 3 is 2.86 bits per heavy atom. The van der Waals surface area contributed by atoms with Gasteiger partial charge in [-0.3, -0.25) is 4.79 Å². The van der Waals surface area contributed by atoms with Gasteiger partial charge in [0.15, 0.2) is 0 Å². The topological polar surface area (TPSA) is 54.5 Å². The summed E-state index contributed by atoms with van der Waals surface area (Å²) in [6.07, 6.45) is 3.62. The third-order valence-corrected chi connectivity index (χ3v) is 3.48. The molecule has 0 aliphatic carbocycles. The Balaban J connectivity index is 2.86. The van der Waals surface area contributed by atoms with Crippen molar-refractivity contribution in [2.45, 2.75) is 39.7 Å². The number of nitrogens with one attached hydrogen (secondary N) is 1. The minimum Gasteiger partial charge on any atom is -0.383 e. The Labute approximate surface area is 127 Å². The van der Waals surface area contributed by atoms with Gasteiger partial charge in [-0.05, 0) is 31.9 Å². The van der Waals surface area contributed by atoms with Crippen molar-refractivity contribution < 1.29 is 9.53 Å². The zero-order valence-corrected chi connectivity index (χ0v) is 13.6. The summed E-state index contributed by atoms with van der Waals surface area (Å²) in [7, 11) is 1.65. The zero-order valence-electron chi connectivity index (χ0n) is 13.6. The predicted octanol–water partition coefficient (Wildman–Crippen LogP) is 2.79. The smallest absolute Gasteiger partial charge is 0.254 e.